The lowest BCUT2D eigenvalue weighted by Gasteiger charge is -2.03. The van der Waals surface area contributed by atoms with E-state index in [1.54, 1.807) is 5.38 Å². The van der Waals surface area contributed by atoms with Crippen LogP contribution in [0.4, 0.5) is 0 Å². The number of carbonyl (C=O) groups is 2. The average Bonchev–Trinajstić information content (AvgIpc) is 2.79. The van der Waals surface area contributed by atoms with Gasteiger partial charge in [-0.15, -0.1) is 11.3 Å². The van der Waals surface area contributed by atoms with Gasteiger partial charge in [-0.1, -0.05) is 6.42 Å². The number of hydrogen-bond donors (Lipinski definition) is 1. The van der Waals surface area contributed by atoms with Crippen LogP contribution in [0.1, 0.15) is 41.2 Å². The summed E-state index contributed by atoms with van der Waals surface area (Å²) in [5.74, 6) is -0.315. The highest BCUT2D eigenvalue weighted by atomic mass is 32.1. The second-order valence-electron chi connectivity index (χ2n) is 3.89. The van der Waals surface area contributed by atoms with Gasteiger partial charge in [0.25, 0.3) is 5.91 Å². The Morgan fingerprint density at radius 1 is 1.39 bits per heavy atom. The molecule has 0 aromatic carbocycles. The lowest BCUT2D eigenvalue weighted by molar-refractivity contribution is -0.140. The Morgan fingerprint density at radius 3 is 2.78 bits per heavy atom. The second kappa shape index (κ2) is 7.81. The number of rotatable bonds is 7. The van der Waals surface area contributed by atoms with Crippen LogP contribution >= 0.6 is 11.3 Å². The third-order valence-corrected chi connectivity index (χ3v) is 3.20. The van der Waals surface area contributed by atoms with Crippen LogP contribution in [0.25, 0.3) is 0 Å². The number of esters is 1. The van der Waals surface area contributed by atoms with Crippen molar-refractivity contribution in [3.63, 3.8) is 0 Å². The molecule has 6 heteroatoms. The molecule has 1 amide bonds. The van der Waals surface area contributed by atoms with E-state index in [4.69, 9.17) is 0 Å². The van der Waals surface area contributed by atoms with Crippen molar-refractivity contribution < 1.29 is 14.3 Å². The highest BCUT2D eigenvalue weighted by Gasteiger charge is 2.07. The molecule has 1 rings (SSSR count). The predicted molar refractivity (Wildman–Crippen MR) is 69.7 cm³/mol. The van der Waals surface area contributed by atoms with Gasteiger partial charge >= 0.3 is 5.97 Å². The lowest BCUT2D eigenvalue weighted by Crippen LogP contribution is -2.24. The van der Waals surface area contributed by atoms with Crippen molar-refractivity contribution in [2.45, 2.75) is 32.6 Å². The smallest absolute Gasteiger partial charge is 0.305 e. The summed E-state index contributed by atoms with van der Waals surface area (Å²) in [4.78, 5) is 26.6. The number of methoxy groups -OCH3 is 1. The number of unbranched alkanes of at least 4 members (excludes halogenated alkanes) is 2. The van der Waals surface area contributed by atoms with Crippen LogP contribution in [0, 0.1) is 6.92 Å². The molecule has 0 saturated carbocycles. The summed E-state index contributed by atoms with van der Waals surface area (Å²) < 4.78 is 4.54. The number of carbonyl (C=O) groups excluding carboxylic acids is 2. The van der Waals surface area contributed by atoms with E-state index < -0.39 is 0 Å². The van der Waals surface area contributed by atoms with E-state index in [0.29, 0.717) is 18.7 Å². The number of aryl methyl sites for hydroxylation is 1. The highest BCUT2D eigenvalue weighted by molar-refractivity contribution is 7.09. The van der Waals surface area contributed by atoms with Gasteiger partial charge in [-0.3, -0.25) is 9.59 Å². The fourth-order valence-corrected chi connectivity index (χ4v) is 2.03. The molecule has 18 heavy (non-hydrogen) atoms. The molecule has 0 aliphatic carbocycles. The molecular formula is C12H18N2O3S. The van der Waals surface area contributed by atoms with E-state index in [2.05, 4.69) is 15.0 Å². The minimum Gasteiger partial charge on any atom is -0.469 e. The van der Waals surface area contributed by atoms with Gasteiger partial charge < -0.3 is 10.1 Å². The zero-order valence-corrected chi connectivity index (χ0v) is 11.5. The molecule has 0 fully saturated rings. The van der Waals surface area contributed by atoms with E-state index in [-0.39, 0.29) is 11.9 Å². The third-order valence-electron chi connectivity index (χ3n) is 2.42. The Labute approximate surface area is 111 Å². The molecule has 0 unspecified atom stereocenters. The molecular weight excluding hydrogens is 252 g/mol. The first kappa shape index (κ1) is 14.6. The van der Waals surface area contributed by atoms with Crippen LogP contribution in [0.3, 0.4) is 0 Å². The molecule has 0 aliphatic heterocycles. The van der Waals surface area contributed by atoms with Crippen molar-refractivity contribution >= 4 is 23.2 Å². The number of ether oxygens (including phenoxy) is 1. The molecule has 0 atom stereocenters. The Hall–Kier alpha value is -1.43. The topological polar surface area (TPSA) is 68.3 Å². The van der Waals surface area contributed by atoms with Crippen molar-refractivity contribution in [2.24, 2.45) is 0 Å². The highest BCUT2D eigenvalue weighted by Crippen LogP contribution is 2.07. The summed E-state index contributed by atoms with van der Waals surface area (Å²) >= 11 is 1.46. The monoisotopic (exact) mass is 270 g/mol. The molecule has 0 spiro atoms. The molecule has 0 aliphatic rings. The molecule has 1 aromatic rings. The summed E-state index contributed by atoms with van der Waals surface area (Å²) in [6, 6.07) is 0. The van der Waals surface area contributed by atoms with Gasteiger partial charge in [0.2, 0.25) is 0 Å². The summed E-state index contributed by atoms with van der Waals surface area (Å²) in [7, 11) is 1.39. The second-order valence-corrected chi connectivity index (χ2v) is 4.96. The maximum atomic E-state index is 11.6. The van der Waals surface area contributed by atoms with Crippen molar-refractivity contribution in [3.8, 4) is 0 Å². The maximum Gasteiger partial charge on any atom is 0.305 e. The molecule has 1 N–H and O–H groups in total. The lowest BCUT2D eigenvalue weighted by atomic mass is 10.2. The molecule has 0 radical (unpaired) electrons. The van der Waals surface area contributed by atoms with Crippen LogP contribution in [-0.4, -0.2) is 30.5 Å². The van der Waals surface area contributed by atoms with Gasteiger partial charge in [0, 0.05) is 18.3 Å². The minimum absolute atomic E-state index is 0.132. The number of nitrogens with zero attached hydrogens (tertiary/aromatic N) is 1. The first-order chi connectivity index (χ1) is 8.63. The standard InChI is InChI=1S/C12H18N2O3S/c1-9-14-10(8-18-9)12(16)13-7-5-3-4-6-11(15)17-2/h8H,3-7H2,1-2H3,(H,13,16). The number of nitrogens with one attached hydrogen (secondary N) is 1. The summed E-state index contributed by atoms with van der Waals surface area (Å²) in [5, 5.41) is 5.44. The van der Waals surface area contributed by atoms with Gasteiger partial charge in [-0.25, -0.2) is 4.98 Å². The van der Waals surface area contributed by atoms with Crippen LogP contribution in [0.2, 0.25) is 0 Å². The summed E-state index contributed by atoms with van der Waals surface area (Å²) in [6.07, 6.45) is 2.98. The van der Waals surface area contributed by atoms with E-state index in [1.165, 1.54) is 18.4 Å². The van der Waals surface area contributed by atoms with Gasteiger partial charge in [-0.05, 0) is 19.8 Å². The summed E-state index contributed by atoms with van der Waals surface area (Å²) in [5.41, 5.74) is 0.479. The Balaban J connectivity index is 2.08. The fourth-order valence-electron chi connectivity index (χ4n) is 1.43. The molecule has 100 valence electrons. The van der Waals surface area contributed by atoms with E-state index in [9.17, 15) is 9.59 Å². The average molecular weight is 270 g/mol. The quantitative estimate of drug-likeness (QED) is 0.607. The fraction of sp³-hybridized carbons (Fsp3) is 0.583. The van der Waals surface area contributed by atoms with Crippen LogP contribution < -0.4 is 5.32 Å². The van der Waals surface area contributed by atoms with Gasteiger partial charge in [0.1, 0.15) is 5.69 Å². The molecule has 0 saturated heterocycles. The van der Waals surface area contributed by atoms with Crippen LogP contribution in [-0.2, 0) is 9.53 Å². The van der Waals surface area contributed by atoms with E-state index in [0.717, 1.165) is 24.3 Å². The Kier molecular flexibility index (Phi) is 6.35. The van der Waals surface area contributed by atoms with Crippen molar-refractivity contribution in [2.75, 3.05) is 13.7 Å². The minimum atomic E-state index is -0.183. The first-order valence-electron chi connectivity index (χ1n) is 5.90. The SMILES string of the molecule is COC(=O)CCCCCNC(=O)c1csc(C)n1. The number of amides is 1. The number of thiazole rings is 1. The van der Waals surface area contributed by atoms with Gasteiger partial charge in [-0.2, -0.15) is 0 Å². The maximum absolute atomic E-state index is 11.6. The molecule has 5 nitrogen and oxygen atoms in total. The van der Waals surface area contributed by atoms with Crippen molar-refractivity contribution in [1.82, 2.24) is 10.3 Å². The zero-order valence-electron chi connectivity index (χ0n) is 10.7. The van der Waals surface area contributed by atoms with Crippen LogP contribution in [0.15, 0.2) is 5.38 Å². The number of hydrogen-bond acceptors (Lipinski definition) is 5. The first-order valence-corrected chi connectivity index (χ1v) is 6.78. The molecule has 1 aromatic heterocycles. The van der Waals surface area contributed by atoms with Gasteiger partial charge in [0.05, 0.1) is 12.1 Å². The number of aromatic nitrogens is 1. The molecule has 0 bridgehead atoms. The molecule has 1 heterocycles. The zero-order chi connectivity index (χ0) is 13.4. The van der Waals surface area contributed by atoms with Crippen molar-refractivity contribution in [3.05, 3.63) is 16.1 Å². The van der Waals surface area contributed by atoms with E-state index >= 15 is 0 Å². The largest absolute Gasteiger partial charge is 0.469 e. The van der Waals surface area contributed by atoms with E-state index in [1.807, 2.05) is 6.92 Å². The van der Waals surface area contributed by atoms with Crippen molar-refractivity contribution in [1.29, 1.82) is 0 Å². The Morgan fingerprint density at radius 2 is 2.17 bits per heavy atom. The Bertz CT molecular complexity index is 404. The normalized spacial score (nSPS) is 10.1. The third kappa shape index (κ3) is 5.27. The van der Waals surface area contributed by atoms with Crippen LogP contribution in [0.5, 0.6) is 0 Å². The summed E-state index contributed by atoms with van der Waals surface area (Å²) in [6.45, 7) is 2.48. The van der Waals surface area contributed by atoms with Gasteiger partial charge in [0.15, 0.2) is 0 Å². The predicted octanol–water partition coefficient (Wildman–Crippen LogP) is 1.91.